The van der Waals surface area contributed by atoms with Crippen LogP contribution in [-0.2, 0) is 23.3 Å². The van der Waals surface area contributed by atoms with E-state index in [4.69, 9.17) is 11.6 Å². The molecule has 3 fully saturated rings. The average Bonchev–Trinajstić information content (AvgIpc) is 3.85. The summed E-state index contributed by atoms with van der Waals surface area (Å²) in [6.07, 6.45) is 5.34. The number of hydrogen-bond acceptors (Lipinski definition) is 2. The Morgan fingerprint density at radius 2 is 1.14 bits per heavy atom. The Hall–Kier alpha value is -2.36. The molecule has 2 saturated carbocycles. The maximum Gasteiger partial charge on any atom is 0.123 e. The quantitative estimate of drug-likeness (QED) is 0.318. The molecule has 3 aromatic carbocycles. The van der Waals surface area contributed by atoms with E-state index in [9.17, 15) is 4.39 Å². The van der Waals surface area contributed by atoms with E-state index in [1.165, 1.54) is 47.9 Å². The predicted octanol–water partition coefficient (Wildman–Crippen LogP) is 7.68. The van der Waals surface area contributed by atoms with Crippen molar-refractivity contribution in [3.8, 4) is 0 Å². The fourth-order valence-corrected chi connectivity index (χ4v) is 5.21. The Labute approximate surface area is 221 Å². The maximum absolute atomic E-state index is 13.0. The molecule has 2 nitrogen and oxygen atoms in total. The Balaban J connectivity index is 0.000000186. The van der Waals surface area contributed by atoms with Crippen molar-refractivity contribution in [2.75, 3.05) is 31.1 Å². The van der Waals surface area contributed by atoms with Gasteiger partial charge in [0, 0.05) is 44.3 Å². The highest BCUT2D eigenvalue weighted by molar-refractivity contribution is 6.17. The van der Waals surface area contributed by atoms with Crippen LogP contribution in [-0.4, -0.2) is 31.1 Å². The molecule has 0 spiro atoms. The van der Waals surface area contributed by atoms with Crippen molar-refractivity contribution in [3.63, 3.8) is 0 Å². The molecule has 0 aromatic heterocycles. The van der Waals surface area contributed by atoms with E-state index in [-0.39, 0.29) is 5.82 Å². The van der Waals surface area contributed by atoms with Crippen LogP contribution in [0.25, 0.3) is 0 Å². The highest BCUT2D eigenvalue weighted by Gasteiger charge is 2.39. The summed E-state index contributed by atoms with van der Waals surface area (Å²) < 4.78 is 13.0. The number of nitrogens with zero attached hydrogens (tertiary/aromatic N) is 2. The largest absolute Gasteiger partial charge is 0.369 e. The third-order valence-electron chi connectivity index (χ3n) is 8.43. The zero-order valence-electron chi connectivity index (χ0n) is 21.6. The fraction of sp³-hybridized carbons (Fsp3) is 0.438. The van der Waals surface area contributed by atoms with E-state index < -0.39 is 0 Å². The Morgan fingerprint density at radius 3 is 1.58 bits per heavy atom. The van der Waals surface area contributed by atoms with Crippen LogP contribution in [0.2, 0.25) is 0 Å². The molecule has 0 radical (unpaired) electrons. The molecule has 0 bridgehead atoms. The van der Waals surface area contributed by atoms with Gasteiger partial charge in [-0.1, -0.05) is 62.4 Å². The molecule has 0 unspecified atom stereocenters. The first kappa shape index (κ1) is 25.3. The van der Waals surface area contributed by atoms with Gasteiger partial charge in [-0.25, -0.2) is 4.39 Å². The molecular formula is C32H38ClFN2. The van der Waals surface area contributed by atoms with E-state index in [1.807, 2.05) is 12.1 Å². The highest BCUT2D eigenvalue weighted by atomic mass is 35.5. The molecule has 3 aromatic rings. The second-order valence-corrected chi connectivity index (χ2v) is 11.7. The molecule has 36 heavy (non-hydrogen) atoms. The standard InChI is InChI=1S/C21H25FN2.C11H13Cl/c1-21(10-11-21)18-4-2-17(3-5-18)16-23-12-14-24(15-13-23)20-8-6-19(22)7-9-20;1-11(6-7-11)10-4-2-9(8-12)3-5-10/h2-9H,10-16H2,1H3;2-5H,6-8H2,1H3. The summed E-state index contributed by atoms with van der Waals surface area (Å²) in [5, 5.41) is 0. The molecule has 0 atom stereocenters. The minimum Gasteiger partial charge on any atom is -0.369 e. The first-order chi connectivity index (χ1) is 17.4. The van der Waals surface area contributed by atoms with Gasteiger partial charge in [-0.2, -0.15) is 0 Å². The van der Waals surface area contributed by atoms with Gasteiger partial charge in [0.2, 0.25) is 0 Å². The molecule has 4 heteroatoms. The lowest BCUT2D eigenvalue weighted by atomic mass is 9.97. The van der Waals surface area contributed by atoms with Crippen LogP contribution in [0.15, 0.2) is 72.8 Å². The minimum atomic E-state index is -0.166. The molecule has 0 amide bonds. The Morgan fingerprint density at radius 1 is 0.667 bits per heavy atom. The molecule has 1 aliphatic heterocycles. The van der Waals surface area contributed by atoms with Gasteiger partial charge in [0.05, 0.1) is 0 Å². The van der Waals surface area contributed by atoms with Crippen LogP contribution in [0.1, 0.15) is 61.8 Å². The number of hydrogen-bond donors (Lipinski definition) is 0. The summed E-state index contributed by atoms with van der Waals surface area (Å²) in [5.41, 5.74) is 7.65. The van der Waals surface area contributed by atoms with Crippen LogP contribution in [0.3, 0.4) is 0 Å². The molecule has 1 saturated heterocycles. The van der Waals surface area contributed by atoms with Gasteiger partial charge in [0.25, 0.3) is 0 Å². The van der Waals surface area contributed by atoms with Crippen LogP contribution < -0.4 is 4.90 Å². The van der Waals surface area contributed by atoms with Gasteiger partial charge in [0.1, 0.15) is 5.82 Å². The third kappa shape index (κ3) is 6.12. The molecule has 0 N–H and O–H groups in total. The summed E-state index contributed by atoms with van der Waals surface area (Å²) in [7, 11) is 0. The van der Waals surface area contributed by atoms with E-state index in [0.717, 1.165) is 38.4 Å². The van der Waals surface area contributed by atoms with E-state index in [1.54, 1.807) is 12.1 Å². The summed E-state index contributed by atoms with van der Waals surface area (Å²) in [6, 6.07) is 24.8. The lowest BCUT2D eigenvalue weighted by Gasteiger charge is -2.36. The van der Waals surface area contributed by atoms with Crippen LogP contribution in [0.5, 0.6) is 0 Å². The van der Waals surface area contributed by atoms with Gasteiger partial charge in [0.15, 0.2) is 0 Å². The summed E-state index contributed by atoms with van der Waals surface area (Å²) in [4.78, 5) is 4.85. The molecular weight excluding hydrogens is 467 g/mol. The van der Waals surface area contributed by atoms with Gasteiger partial charge >= 0.3 is 0 Å². The second kappa shape index (κ2) is 10.6. The number of halogens is 2. The molecule has 6 rings (SSSR count). The summed E-state index contributed by atoms with van der Waals surface area (Å²) in [6.45, 7) is 9.81. The normalized spacial score (nSPS) is 19.8. The monoisotopic (exact) mass is 504 g/mol. The SMILES string of the molecule is CC1(c2ccc(CCl)cc2)CC1.CC1(c2ccc(CN3CCN(c4ccc(F)cc4)CC3)cc2)CC1. The number of benzene rings is 3. The fourth-order valence-electron chi connectivity index (χ4n) is 5.04. The topological polar surface area (TPSA) is 6.48 Å². The van der Waals surface area contributed by atoms with Gasteiger partial charge in [-0.3, -0.25) is 4.90 Å². The lowest BCUT2D eigenvalue weighted by molar-refractivity contribution is 0.250. The number of rotatable bonds is 6. The molecule has 3 aliphatic rings. The highest BCUT2D eigenvalue weighted by Crippen LogP contribution is 2.48. The van der Waals surface area contributed by atoms with E-state index >= 15 is 0 Å². The number of alkyl halides is 1. The maximum atomic E-state index is 13.0. The van der Waals surface area contributed by atoms with Gasteiger partial charge in [-0.05, 0) is 83.0 Å². The Kier molecular flexibility index (Phi) is 7.42. The number of anilines is 1. The van der Waals surface area contributed by atoms with Crippen molar-refractivity contribution in [3.05, 3.63) is 101 Å². The number of piperazine rings is 1. The predicted molar refractivity (Wildman–Crippen MR) is 150 cm³/mol. The van der Waals surface area contributed by atoms with Crippen molar-refractivity contribution >= 4 is 17.3 Å². The zero-order chi connectivity index (χ0) is 25.2. The zero-order valence-corrected chi connectivity index (χ0v) is 22.4. The van der Waals surface area contributed by atoms with Crippen molar-refractivity contribution in [1.29, 1.82) is 0 Å². The van der Waals surface area contributed by atoms with Crippen LogP contribution in [0.4, 0.5) is 10.1 Å². The molecule has 190 valence electrons. The van der Waals surface area contributed by atoms with Crippen molar-refractivity contribution in [1.82, 2.24) is 4.90 Å². The minimum absolute atomic E-state index is 0.166. The van der Waals surface area contributed by atoms with Gasteiger partial charge < -0.3 is 4.90 Å². The van der Waals surface area contributed by atoms with Crippen molar-refractivity contribution in [2.45, 2.75) is 62.8 Å². The van der Waals surface area contributed by atoms with E-state index in [0.29, 0.717) is 16.7 Å². The Bertz CT molecular complexity index is 1120. The van der Waals surface area contributed by atoms with Crippen LogP contribution in [0, 0.1) is 5.82 Å². The molecule has 2 aliphatic carbocycles. The van der Waals surface area contributed by atoms with Crippen molar-refractivity contribution < 1.29 is 4.39 Å². The summed E-state index contributed by atoms with van der Waals surface area (Å²) >= 11 is 5.71. The first-order valence-corrected chi connectivity index (χ1v) is 13.9. The smallest absolute Gasteiger partial charge is 0.123 e. The van der Waals surface area contributed by atoms with E-state index in [2.05, 4.69) is 72.2 Å². The first-order valence-electron chi connectivity index (χ1n) is 13.3. The third-order valence-corrected chi connectivity index (χ3v) is 8.73. The summed E-state index contributed by atoms with van der Waals surface area (Å²) in [5.74, 6) is 0.456. The average molecular weight is 505 g/mol. The molecule has 1 heterocycles. The lowest BCUT2D eigenvalue weighted by Crippen LogP contribution is -2.45. The van der Waals surface area contributed by atoms with Crippen molar-refractivity contribution in [2.24, 2.45) is 0 Å². The van der Waals surface area contributed by atoms with Gasteiger partial charge in [-0.15, -0.1) is 11.6 Å². The van der Waals surface area contributed by atoms with Crippen LogP contribution >= 0.6 is 11.6 Å². The second-order valence-electron chi connectivity index (χ2n) is 11.4.